The lowest BCUT2D eigenvalue weighted by Gasteiger charge is -2.09. The largest absolute Gasteiger partial charge is 0.310 e. The van der Waals surface area contributed by atoms with Crippen molar-refractivity contribution in [3.05, 3.63) is 59.2 Å². The maximum absolute atomic E-state index is 13.9. The first kappa shape index (κ1) is 14.1. The fourth-order valence-corrected chi connectivity index (χ4v) is 2.17. The summed E-state index contributed by atoms with van der Waals surface area (Å²) in [5.74, 6) is -4.15. The minimum Gasteiger partial charge on any atom is -0.310 e. The van der Waals surface area contributed by atoms with Gasteiger partial charge in [-0.3, -0.25) is 0 Å². The van der Waals surface area contributed by atoms with Gasteiger partial charge in [-0.05, 0) is 36.6 Å². The lowest BCUT2D eigenvalue weighted by molar-refractivity contribution is 0.495. The van der Waals surface area contributed by atoms with Gasteiger partial charge >= 0.3 is 0 Å². The molecule has 1 fully saturated rings. The molecule has 1 aliphatic carbocycles. The van der Waals surface area contributed by atoms with Gasteiger partial charge in [0.1, 0.15) is 11.6 Å². The van der Waals surface area contributed by atoms with Crippen molar-refractivity contribution < 1.29 is 17.6 Å². The van der Waals surface area contributed by atoms with E-state index < -0.39 is 23.3 Å². The molecule has 0 heterocycles. The van der Waals surface area contributed by atoms with Crippen molar-refractivity contribution in [2.24, 2.45) is 0 Å². The Morgan fingerprint density at radius 1 is 0.810 bits per heavy atom. The number of nitrogens with one attached hydrogen (secondary N) is 1. The minimum absolute atomic E-state index is 0.0681. The van der Waals surface area contributed by atoms with Gasteiger partial charge in [-0.25, -0.2) is 17.6 Å². The number of hydrogen-bond acceptors (Lipinski definition) is 1. The van der Waals surface area contributed by atoms with Crippen molar-refractivity contribution >= 4 is 0 Å². The second kappa shape index (κ2) is 5.48. The maximum Gasteiger partial charge on any atom is 0.161 e. The van der Waals surface area contributed by atoms with Crippen molar-refractivity contribution in [3.8, 4) is 11.1 Å². The topological polar surface area (TPSA) is 12.0 Å². The molecule has 0 saturated heterocycles. The van der Waals surface area contributed by atoms with Crippen molar-refractivity contribution in [3.63, 3.8) is 0 Å². The predicted octanol–water partition coefficient (Wildman–Crippen LogP) is 4.16. The minimum atomic E-state index is -1.29. The third-order valence-corrected chi connectivity index (χ3v) is 3.50. The number of hydrogen-bond donors (Lipinski definition) is 1. The summed E-state index contributed by atoms with van der Waals surface area (Å²) in [6.45, 7) is 0.531. The van der Waals surface area contributed by atoms with Gasteiger partial charge in [-0.15, -0.1) is 0 Å². The van der Waals surface area contributed by atoms with Crippen molar-refractivity contribution in [2.45, 2.75) is 25.4 Å². The van der Waals surface area contributed by atoms with Crippen LogP contribution in [-0.4, -0.2) is 6.04 Å². The molecule has 21 heavy (non-hydrogen) atoms. The van der Waals surface area contributed by atoms with Crippen LogP contribution in [0.4, 0.5) is 17.6 Å². The first-order chi connectivity index (χ1) is 10.0. The average Bonchev–Trinajstić information content (AvgIpc) is 3.26. The van der Waals surface area contributed by atoms with Gasteiger partial charge in [0.05, 0.1) is 0 Å². The highest BCUT2D eigenvalue weighted by Gasteiger charge is 2.20. The molecule has 0 amide bonds. The van der Waals surface area contributed by atoms with E-state index in [9.17, 15) is 17.6 Å². The predicted molar refractivity (Wildman–Crippen MR) is 71.6 cm³/mol. The quantitative estimate of drug-likeness (QED) is 0.659. The SMILES string of the molecule is Fc1cc(F)c(-c2cc(CNC3CC3)ccc2F)cc1F. The summed E-state index contributed by atoms with van der Waals surface area (Å²) in [6, 6.07) is 5.85. The van der Waals surface area contributed by atoms with Gasteiger partial charge in [-0.1, -0.05) is 6.07 Å². The number of halogens is 4. The Bertz CT molecular complexity index is 680. The molecule has 0 spiro atoms. The van der Waals surface area contributed by atoms with Crippen LogP contribution < -0.4 is 5.32 Å². The van der Waals surface area contributed by atoms with Crippen molar-refractivity contribution in [1.29, 1.82) is 0 Å². The van der Waals surface area contributed by atoms with Crippen LogP contribution in [-0.2, 0) is 6.54 Å². The molecular weight excluding hydrogens is 282 g/mol. The van der Waals surface area contributed by atoms with E-state index in [0.29, 0.717) is 24.7 Å². The molecule has 5 heteroatoms. The Balaban J connectivity index is 1.96. The fourth-order valence-electron chi connectivity index (χ4n) is 2.17. The first-order valence-corrected chi connectivity index (χ1v) is 6.71. The molecule has 1 aliphatic rings. The zero-order chi connectivity index (χ0) is 15.0. The molecule has 0 atom stereocenters. The molecule has 2 aromatic carbocycles. The van der Waals surface area contributed by atoms with Gasteiger partial charge in [0.25, 0.3) is 0 Å². The average molecular weight is 295 g/mol. The van der Waals surface area contributed by atoms with E-state index >= 15 is 0 Å². The van der Waals surface area contributed by atoms with E-state index in [1.54, 1.807) is 6.07 Å². The molecule has 0 unspecified atom stereocenters. The lowest BCUT2D eigenvalue weighted by atomic mass is 10.0. The Labute approximate surface area is 119 Å². The van der Waals surface area contributed by atoms with Crippen LogP contribution in [0.15, 0.2) is 30.3 Å². The Morgan fingerprint density at radius 3 is 2.19 bits per heavy atom. The maximum atomic E-state index is 13.9. The summed E-state index contributed by atoms with van der Waals surface area (Å²) >= 11 is 0. The Morgan fingerprint density at radius 2 is 1.48 bits per heavy atom. The summed E-state index contributed by atoms with van der Waals surface area (Å²) in [5.41, 5.74) is 0.420. The Kier molecular flexibility index (Phi) is 3.68. The summed E-state index contributed by atoms with van der Waals surface area (Å²) in [6.07, 6.45) is 2.23. The molecular formula is C16H13F4N. The molecule has 3 rings (SSSR count). The summed E-state index contributed by atoms with van der Waals surface area (Å²) in [5, 5.41) is 3.26. The third kappa shape index (κ3) is 3.08. The van der Waals surface area contributed by atoms with E-state index in [0.717, 1.165) is 18.4 Å². The zero-order valence-electron chi connectivity index (χ0n) is 11.1. The highest BCUT2D eigenvalue weighted by molar-refractivity contribution is 5.65. The summed E-state index contributed by atoms with van der Waals surface area (Å²) in [7, 11) is 0. The van der Waals surface area contributed by atoms with Gasteiger partial charge < -0.3 is 5.32 Å². The van der Waals surface area contributed by atoms with Crippen molar-refractivity contribution in [2.75, 3.05) is 0 Å². The van der Waals surface area contributed by atoms with Gasteiger partial charge in [-0.2, -0.15) is 0 Å². The van der Waals surface area contributed by atoms with Gasteiger partial charge in [0.15, 0.2) is 11.6 Å². The van der Waals surface area contributed by atoms with E-state index in [-0.39, 0.29) is 11.1 Å². The standard InChI is InChI=1S/C16H13F4N/c17-13-4-1-9(8-21-10-2-3-10)5-11(13)12-6-15(19)16(20)7-14(12)18/h1,4-7,10,21H,2-3,8H2. The van der Waals surface area contributed by atoms with Crippen LogP contribution in [0, 0.1) is 23.3 Å². The van der Waals surface area contributed by atoms with E-state index in [1.807, 2.05) is 0 Å². The molecule has 110 valence electrons. The molecule has 1 N–H and O–H groups in total. The molecule has 0 aromatic heterocycles. The number of benzene rings is 2. The summed E-state index contributed by atoms with van der Waals surface area (Å²) < 4.78 is 53.9. The van der Waals surface area contributed by atoms with E-state index in [4.69, 9.17) is 0 Å². The zero-order valence-corrected chi connectivity index (χ0v) is 11.1. The van der Waals surface area contributed by atoms with Crippen LogP contribution in [0.1, 0.15) is 18.4 Å². The second-order valence-corrected chi connectivity index (χ2v) is 5.22. The van der Waals surface area contributed by atoms with Crippen LogP contribution in [0.2, 0.25) is 0 Å². The lowest BCUT2D eigenvalue weighted by Crippen LogP contribution is -2.15. The molecule has 0 radical (unpaired) electrons. The normalized spacial score (nSPS) is 14.5. The summed E-state index contributed by atoms with van der Waals surface area (Å²) in [4.78, 5) is 0. The third-order valence-electron chi connectivity index (χ3n) is 3.50. The molecule has 2 aromatic rings. The highest BCUT2D eigenvalue weighted by atomic mass is 19.2. The molecule has 0 bridgehead atoms. The van der Waals surface area contributed by atoms with Crippen LogP contribution in [0.5, 0.6) is 0 Å². The van der Waals surface area contributed by atoms with E-state index in [2.05, 4.69) is 5.32 Å². The monoisotopic (exact) mass is 295 g/mol. The van der Waals surface area contributed by atoms with Crippen LogP contribution >= 0.6 is 0 Å². The van der Waals surface area contributed by atoms with Crippen LogP contribution in [0.25, 0.3) is 11.1 Å². The first-order valence-electron chi connectivity index (χ1n) is 6.71. The van der Waals surface area contributed by atoms with E-state index in [1.165, 1.54) is 12.1 Å². The number of rotatable bonds is 4. The smallest absolute Gasteiger partial charge is 0.161 e. The van der Waals surface area contributed by atoms with Crippen LogP contribution in [0.3, 0.4) is 0 Å². The molecule has 1 saturated carbocycles. The van der Waals surface area contributed by atoms with Gasteiger partial charge in [0, 0.05) is 29.8 Å². The molecule has 0 aliphatic heterocycles. The second-order valence-electron chi connectivity index (χ2n) is 5.22. The molecule has 1 nitrogen and oxygen atoms in total. The van der Waals surface area contributed by atoms with Gasteiger partial charge in [0.2, 0.25) is 0 Å². The Hall–Kier alpha value is -1.88. The van der Waals surface area contributed by atoms with Crippen molar-refractivity contribution in [1.82, 2.24) is 5.32 Å². The fraction of sp³-hybridized carbons (Fsp3) is 0.250. The highest BCUT2D eigenvalue weighted by Crippen LogP contribution is 2.29.